The molecule has 0 aromatic heterocycles. The molecule has 3 N–H and O–H groups in total. The van der Waals surface area contributed by atoms with Crippen molar-refractivity contribution in [2.24, 2.45) is 11.7 Å². The van der Waals surface area contributed by atoms with Gasteiger partial charge in [-0.3, -0.25) is 5.41 Å². The van der Waals surface area contributed by atoms with E-state index in [1.807, 2.05) is 12.1 Å². The zero-order valence-corrected chi connectivity index (χ0v) is 9.69. The first-order valence-electron chi connectivity index (χ1n) is 5.86. The highest BCUT2D eigenvalue weighted by Gasteiger charge is 2.25. The lowest BCUT2D eigenvalue weighted by atomic mass is 10.1. The second-order valence-electron chi connectivity index (χ2n) is 4.53. The fraction of sp³-hybridized carbons (Fsp3) is 0.462. The van der Waals surface area contributed by atoms with Gasteiger partial charge in [-0.15, -0.1) is 0 Å². The normalized spacial score (nSPS) is 16.8. The van der Waals surface area contributed by atoms with Crippen molar-refractivity contribution in [2.45, 2.75) is 32.2 Å². The summed E-state index contributed by atoms with van der Waals surface area (Å²) >= 11 is 0. The van der Waals surface area contributed by atoms with Crippen LogP contribution in [0.15, 0.2) is 24.3 Å². The second kappa shape index (κ2) is 5.29. The van der Waals surface area contributed by atoms with Gasteiger partial charge in [0.05, 0.1) is 6.61 Å². The Labute approximate surface area is 101 Å². The first-order valence-corrected chi connectivity index (χ1v) is 5.86. The lowest BCUT2D eigenvalue weighted by Crippen LogP contribution is -2.12. The standard InChI is InChI=1S/C13H17N2O2/c14-13(15)11-5-3-10(4-6-11)8-17-12(16)7-9-1-2-9/h3-6,9,12H,1-2,7-8H2,(H3,14,15). The average molecular weight is 233 g/mol. The molecule has 0 aliphatic heterocycles. The van der Waals surface area contributed by atoms with Gasteiger partial charge in [0.2, 0.25) is 0 Å². The van der Waals surface area contributed by atoms with Gasteiger partial charge in [0.25, 0.3) is 0 Å². The molecule has 1 atom stereocenters. The molecule has 0 heterocycles. The van der Waals surface area contributed by atoms with E-state index in [1.54, 1.807) is 12.1 Å². The van der Waals surface area contributed by atoms with Crippen molar-refractivity contribution in [3.63, 3.8) is 0 Å². The fourth-order valence-electron chi connectivity index (χ4n) is 1.66. The summed E-state index contributed by atoms with van der Waals surface area (Å²) in [6.45, 7) is 0.332. The molecule has 1 saturated carbocycles. The Balaban J connectivity index is 1.79. The van der Waals surface area contributed by atoms with Gasteiger partial charge >= 0.3 is 0 Å². The minimum Gasteiger partial charge on any atom is -0.384 e. The Hall–Kier alpha value is -1.39. The van der Waals surface area contributed by atoms with E-state index < -0.39 is 6.29 Å². The number of benzene rings is 1. The monoisotopic (exact) mass is 233 g/mol. The van der Waals surface area contributed by atoms with Gasteiger partial charge in [-0.05, 0) is 24.3 Å². The fourth-order valence-corrected chi connectivity index (χ4v) is 1.66. The molecule has 1 aliphatic rings. The van der Waals surface area contributed by atoms with Crippen molar-refractivity contribution in [1.82, 2.24) is 0 Å². The van der Waals surface area contributed by atoms with Crippen LogP contribution in [0.1, 0.15) is 30.4 Å². The molecule has 1 fully saturated rings. The van der Waals surface area contributed by atoms with E-state index in [1.165, 1.54) is 12.8 Å². The predicted octanol–water partition coefficient (Wildman–Crippen LogP) is 2.04. The lowest BCUT2D eigenvalue weighted by molar-refractivity contribution is -0.153. The lowest BCUT2D eigenvalue weighted by Gasteiger charge is -2.09. The number of nitrogen functional groups attached to an aromatic ring is 1. The van der Waals surface area contributed by atoms with Crippen LogP contribution in [0.2, 0.25) is 0 Å². The maximum absolute atomic E-state index is 11.4. The summed E-state index contributed by atoms with van der Waals surface area (Å²) in [5.41, 5.74) is 6.97. The molecule has 0 saturated heterocycles. The molecule has 4 nitrogen and oxygen atoms in total. The van der Waals surface area contributed by atoms with E-state index in [2.05, 4.69) is 0 Å². The van der Waals surface area contributed by atoms with Gasteiger partial charge in [0, 0.05) is 12.0 Å². The number of rotatable bonds is 6. The minimum atomic E-state index is -0.907. The highest BCUT2D eigenvalue weighted by Crippen LogP contribution is 2.33. The third kappa shape index (κ3) is 3.84. The Bertz CT molecular complexity index is 385. The van der Waals surface area contributed by atoms with Crippen molar-refractivity contribution in [3.8, 4) is 0 Å². The number of nitrogens with two attached hydrogens (primary N) is 1. The van der Waals surface area contributed by atoms with E-state index in [9.17, 15) is 5.11 Å². The summed E-state index contributed by atoms with van der Waals surface area (Å²) < 4.78 is 5.24. The van der Waals surface area contributed by atoms with Crippen LogP contribution in [0.4, 0.5) is 0 Å². The zero-order chi connectivity index (χ0) is 12.3. The molecule has 1 radical (unpaired) electrons. The Morgan fingerprint density at radius 1 is 1.41 bits per heavy atom. The Kier molecular flexibility index (Phi) is 3.76. The highest BCUT2D eigenvalue weighted by atomic mass is 16.6. The Morgan fingerprint density at radius 2 is 2.06 bits per heavy atom. The molecule has 91 valence electrons. The number of hydrogen-bond acceptors (Lipinski definition) is 2. The smallest absolute Gasteiger partial charge is 0.191 e. The summed E-state index contributed by atoms with van der Waals surface area (Å²) in [6, 6.07) is 7.20. The van der Waals surface area contributed by atoms with Crippen LogP contribution in [0.3, 0.4) is 0 Å². The van der Waals surface area contributed by atoms with Crippen LogP contribution in [-0.4, -0.2) is 12.1 Å². The van der Waals surface area contributed by atoms with Gasteiger partial charge < -0.3 is 10.5 Å². The largest absolute Gasteiger partial charge is 0.384 e. The van der Waals surface area contributed by atoms with Crippen LogP contribution in [0.5, 0.6) is 0 Å². The second-order valence-corrected chi connectivity index (χ2v) is 4.53. The van der Waals surface area contributed by atoms with Crippen LogP contribution in [0.25, 0.3) is 0 Å². The molecule has 1 aliphatic carbocycles. The van der Waals surface area contributed by atoms with Crippen molar-refractivity contribution in [1.29, 1.82) is 5.41 Å². The van der Waals surface area contributed by atoms with Gasteiger partial charge in [0.1, 0.15) is 5.84 Å². The van der Waals surface area contributed by atoms with E-state index in [-0.39, 0.29) is 5.84 Å². The van der Waals surface area contributed by atoms with Gasteiger partial charge in [-0.1, -0.05) is 24.3 Å². The SMILES string of the molecule is N=C(N)c1ccc(COC([O])CC2CC2)cc1. The topological polar surface area (TPSA) is 79.0 Å². The Morgan fingerprint density at radius 3 is 2.59 bits per heavy atom. The molecule has 1 aromatic carbocycles. The third-order valence-corrected chi connectivity index (χ3v) is 2.92. The molecule has 17 heavy (non-hydrogen) atoms. The molecular weight excluding hydrogens is 216 g/mol. The minimum absolute atomic E-state index is 0.0490. The summed E-state index contributed by atoms with van der Waals surface area (Å²) in [6.07, 6.45) is 2.08. The van der Waals surface area contributed by atoms with E-state index in [4.69, 9.17) is 15.9 Å². The summed E-state index contributed by atoms with van der Waals surface area (Å²) in [5.74, 6) is 0.644. The zero-order valence-electron chi connectivity index (χ0n) is 9.69. The highest BCUT2D eigenvalue weighted by molar-refractivity contribution is 5.94. The molecule has 1 aromatic rings. The van der Waals surface area contributed by atoms with Crippen molar-refractivity contribution < 1.29 is 9.84 Å². The van der Waals surface area contributed by atoms with E-state index in [0.29, 0.717) is 24.5 Å². The molecule has 1 unspecified atom stereocenters. The quantitative estimate of drug-likeness (QED) is 0.448. The maximum Gasteiger partial charge on any atom is 0.191 e. The van der Waals surface area contributed by atoms with Crippen LogP contribution < -0.4 is 5.73 Å². The number of amidine groups is 1. The van der Waals surface area contributed by atoms with Gasteiger partial charge in [-0.2, -0.15) is 0 Å². The molecule has 0 amide bonds. The summed E-state index contributed by atoms with van der Waals surface area (Å²) in [5, 5.41) is 18.7. The van der Waals surface area contributed by atoms with Crippen molar-refractivity contribution in [3.05, 3.63) is 35.4 Å². The van der Waals surface area contributed by atoms with Crippen molar-refractivity contribution >= 4 is 5.84 Å². The van der Waals surface area contributed by atoms with Gasteiger partial charge in [0.15, 0.2) is 6.29 Å². The third-order valence-electron chi connectivity index (χ3n) is 2.92. The van der Waals surface area contributed by atoms with Crippen LogP contribution >= 0.6 is 0 Å². The predicted molar refractivity (Wildman–Crippen MR) is 64.1 cm³/mol. The molecule has 4 heteroatoms. The molecular formula is C13H17N2O2. The number of nitrogens with one attached hydrogen (secondary N) is 1. The first-order chi connectivity index (χ1) is 8.15. The molecule has 0 bridgehead atoms. The summed E-state index contributed by atoms with van der Waals surface area (Å²) in [4.78, 5) is 0. The molecule has 2 rings (SSSR count). The van der Waals surface area contributed by atoms with E-state index >= 15 is 0 Å². The van der Waals surface area contributed by atoms with Crippen LogP contribution in [0, 0.1) is 11.3 Å². The van der Waals surface area contributed by atoms with Crippen molar-refractivity contribution in [2.75, 3.05) is 0 Å². The van der Waals surface area contributed by atoms with E-state index in [0.717, 1.165) is 5.56 Å². The summed E-state index contributed by atoms with van der Waals surface area (Å²) in [7, 11) is 0. The average Bonchev–Trinajstić information content (AvgIpc) is 3.11. The number of ether oxygens (including phenoxy) is 1. The first kappa shape index (κ1) is 12.1. The van der Waals surface area contributed by atoms with Gasteiger partial charge in [-0.25, -0.2) is 5.11 Å². The number of hydrogen-bond donors (Lipinski definition) is 2. The van der Waals surface area contributed by atoms with Crippen LogP contribution in [-0.2, 0) is 16.5 Å². The maximum atomic E-state index is 11.4. The molecule has 0 spiro atoms.